The SMILES string of the molecule is CC1=C(C)C(C(OCC(=O)O)c2cc3cc(CC(=O)NC(c4ccccc4)c4ccc(C)cc4C)ccc3o2)=CC=CC1. The van der Waals surface area contributed by atoms with E-state index >= 15 is 0 Å². The number of rotatable bonds is 10. The zero-order chi connectivity index (χ0) is 30.5. The monoisotopic (exact) mass is 575 g/mol. The van der Waals surface area contributed by atoms with E-state index in [-0.39, 0.29) is 18.4 Å². The number of carboxylic acids is 1. The minimum atomic E-state index is -1.05. The van der Waals surface area contributed by atoms with Crippen LogP contribution in [0.15, 0.2) is 112 Å². The summed E-state index contributed by atoms with van der Waals surface area (Å²) in [7, 11) is 0. The lowest BCUT2D eigenvalue weighted by Crippen LogP contribution is -2.31. The van der Waals surface area contributed by atoms with Gasteiger partial charge in [0, 0.05) is 5.39 Å². The molecule has 1 aliphatic carbocycles. The summed E-state index contributed by atoms with van der Waals surface area (Å²) in [6, 6.07) is 23.6. The molecular formula is C37H37NO5. The van der Waals surface area contributed by atoms with E-state index in [2.05, 4.69) is 50.4 Å². The molecule has 0 aliphatic heterocycles. The standard InChI is InChI=1S/C37H37NO5/c1-23-14-16-30(25(3)18-23)36(28-11-6-5-7-12-28)38-34(39)20-27-15-17-32-29(19-27)21-33(43-32)37(42-22-35(40)41)31-13-9-8-10-24(2)26(31)4/h5-9,11-19,21,36-37H,10,20,22H2,1-4H3,(H,38,39)(H,40,41). The molecule has 1 heterocycles. The Labute approximate surface area is 252 Å². The normalized spacial score (nSPS) is 14.7. The van der Waals surface area contributed by atoms with Gasteiger partial charge in [-0.25, -0.2) is 4.79 Å². The summed E-state index contributed by atoms with van der Waals surface area (Å²) in [6.45, 7) is 7.76. The van der Waals surface area contributed by atoms with Gasteiger partial charge in [-0.1, -0.05) is 84.0 Å². The Hall–Kier alpha value is -4.68. The number of amides is 1. The zero-order valence-corrected chi connectivity index (χ0v) is 25.0. The summed E-state index contributed by atoms with van der Waals surface area (Å²) in [6.07, 6.45) is 6.32. The molecule has 43 heavy (non-hydrogen) atoms. The predicted molar refractivity (Wildman–Crippen MR) is 169 cm³/mol. The average Bonchev–Trinajstić information content (AvgIpc) is 3.32. The van der Waals surface area contributed by atoms with Crippen molar-refractivity contribution < 1.29 is 23.8 Å². The minimum absolute atomic E-state index is 0.0915. The first-order chi connectivity index (χ1) is 20.7. The number of aryl methyl sites for hydroxylation is 2. The summed E-state index contributed by atoms with van der Waals surface area (Å²) >= 11 is 0. The van der Waals surface area contributed by atoms with Crippen LogP contribution >= 0.6 is 0 Å². The van der Waals surface area contributed by atoms with E-state index in [9.17, 15) is 14.7 Å². The van der Waals surface area contributed by atoms with E-state index in [0.29, 0.717) is 11.3 Å². The van der Waals surface area contributed by atoms with Crippen molar-refractivity contribution in [1.82, 2.24) is 5.32 Å². The number of hydrogen-bond donors (Lipinski definition) is 2. The van der Waals surface area contributed by atoms with E-state index < -0.39 is 18.7 Å². The number of carboxylic acid groups (broad SMARTS) is 1. The van der Waals surface area contributed by atoms with E-state index in [4.69, 9.17) is 9.15 Å². The molecule has 0 saturated carbocycles. The Morgan fingerprint density at radius 3 is 2.51 bits per heavy atom. The molecule has 0 radical (unpaired) electrons. The van der Waals surface area contributed by atoms with Gasteiger partial charge >= 0.3 is 5.97 Å². The second-order valence-electron chi connectivity index (χ2n) is 11.2. The summed E-state index contributed by atoms with van der Waals surface area (Å²) < 4.78 is 12.1. The predicted octanol–water partition coefficient (Wildman–Crippen LogP) is 7.86. The van der Waals surface area contributed by atoms with Crippen LogP contribution in [0.25, 0.3) is 11.0 Å². The second-order valence-corrected chi connectivity index (χ2v) is 11.2. The molecule has 5 rings (SSSR count). The van der Waals surface area contributed by atoms with Crippen LogP contribution in [-0.4, -0.2) is 23.6 Å². The fourth-order valence-corrected chi connectivity index (χ4v) is 5.59. The molecule has 1 aliphatic rings. The van der Waals surface area contributed by atoms with Crippen molar-refractivity contribution >= 4 is 22.8 Å². The molecule has 1 amide bonds. The van der Waals surface area contributed by atoms with Gasteiger partial charge in [-0.15, -0.1) is 0 Å². The number of carbonyl (C=O) groups excluding carboxylic acids is 1. The minimum Gasteiger partial charge on any atom is -0.480 e. The van der Waals surface area contributed by atoms with Crippen LogP contribution in [-0.2, 0) is 20.7 Å². The lowest BCUT2D eigenvalue weighted by molar-refractivity contribution is -0.144. The summed E-state index contributed by atoms with van der Waals surface area (Å²) in [5.74, 6) is -0.621. The van der Waals surface area contributed by atoms with Gasteiger partial charge in [-0.3, -0.25) is 4.79 Å². The average molecular weight is 576 g/mol. The Morgan fingerprint density at radius 1 is 0.977 bits per heavy atom. The number of furan rings is 1. The molecule has 2 N–H and O–H groups in total. The van der Waals surface area contributed by atoms with Gasteiger partial charge in [-0.05, 0) is 85.7 Å². The van der Waals surface area contributed by atoms with Crippen LogP contribution < -0.4 is 5.32 Å². The number of allylic oxidation sites excluding steroid dienone is 4. The Balaban J connectivity index is 1.40. The Kier molecular flexibility index (Phi) is 9.07. The molecular weight excluding hydrogens is 538 g/mol. The van der Waals surface area contributed by atoms with Gasteiger partial charge < -0.3 is 19.6 Å². The molecule has 6 heteroatoms. The van der Waals surface area contributed by atoms with Crippen LogP contribution in [0.2, 0.25) is 0 Å². The number of carbonyl (C=O) groups is 2. The fraction of sp³-hybridized carbons (Fsp3) is 0.243. The van der Waals surface area contributed by atoms with Crippen molar-refractivity contribution in [3.63, 3.8) is 0 Å². The maximum absolute atomic E-state index is 13.4. The quantitative estimate of drug-likeness (QED) is 0.201. The third kappa shape index (κ3) is 7.04. The number of ether oxygens (including phenoxy) is 1. The van der Waals surface area contributed by atoms with Crippen molar-refractivity contribution in [2.24, 2.45) is 0 Å². The van der Waals surface area contributed by atoms with Crippen molar-refractivity contribution in [3.8, 4) is 0 Å². The number of hydrogen-bond acceptors (Lipinski definition) is 4. The van der Waals surface area contributed by atoms with Gasteiger partial charge in [0.2, 0.25) is 5.91 Å². The fourth-order valence-electron chi connectivity index (χ4n) is 5.59. The first-order valence-corrected chi connectivity index (χ1v) is 14.5. The largest absolute Gasteiger partial charge is 0.480 e. The lowest BCUT2D eigenvalue weighted by atomic mass is 9.93. The lowest BCUT2D eigenvalue weighted by Gasteiger charge is -2.22. The third-order valence-corrected chi connectivity index (χ3v) is 7.96. The molecule has 0 bridgehead atoms. The first-order valence-electron chi connectivity index (χ1n) is 14.5. The topological polar surface area (TPSA) is 88.8 Å². The van der Waals surface area contributed by atoms with Crippen molar-refractivity contribution in [2.45, 2.75) is 52.7 Å². The van der Waals surface area contributed by atoms with Gasteiger partial charge in [0.1, 0.15) is 24.1 Å². The van der Waals surface area contributed by atoms with Crippen LogP contribution in [0.5, 0.6) is 0 Å². The summed E-state index contributed by atoms with van der Waals surface area (Å²) in [5.41, 5.74) is 8.97. The highest BCUT2D eigenvalue weighted by Gasteiger charge is 2.25. The Bertz CT molecular complexity index is 1740. The van der Waals surface area contributed by atoms with Crippen LogP contribution in [0, 0.1) is 13.8 Å². The van der Waals surface area contributed by atoms with Gasteiger partial charge in [0.05, 0.1) is 12.5 Å². The van der Waals surface area contributed by atoms with Crippen LogP contribution in [0.3, 0.4) is 0 Å². The van der Waals surface area contributed by atoms with Crippen LogP contribution in [0.4, 0.5) is 0 Å². The molecule has 1 aromatic heterocycles. The summed E-state index contributed by atoms with van der Waals surface area (Å²) in [5, 5.41) is 13.4. The number of nitrogens with one attached hydrogen (secondary N) is 1. The van der Waals surface area contributed by atoms with Crippen LogP contribution in [0.1, 0.15) is 66.0 Å². The highest BCUT2D eigenvalue weighted by atomic mass is 16.5. The molecule has 2 atom stereocenters. The van der Waals surface area contributed by atoms with Gasteiger partial charge in [0.25, 0.3) is 0 Å². The zero-order valence-electron chi connectivity index (χ0n) is 25.0. The summed E-state index contributed by atoms with van der Waals surface area (Å²) in [4.78, 5) is 24.8. The molecule has 3 aromatic carbocycles. The molecule has 0 saturated heterocycles. The highest BCUT2D eigenvalue weighted by Crippen LogP contribution is 2.37. The second kappa shape index (κ2) is 13.1. The maximum atomic E-state index is 13.4. The maximum Gasteiger partial charge on any atom is 0.329 e. The number of fused-ring (bicyclic) bond motifs is 1. The molecule has 4 aromatic rings. The van der Waals surface area contributed by atoms with Crippen molar-refractivity contribution in [2.75, 3.05) is 6.61 Å². The molecule has 0 fully saturated rings. The van der Waals surface area contributed by atoms with Gasteiger partial charge in [0.15, 0.2) is 0 Å². The molecule has 6 nitrogen and oxygen atoms in total. The molecule has 2 unspecified atom stereocenters. The molecule has 0 spiro atoms. The van der Waals surface area contributed by atoms with E-state index in [1.165, 1.54) is 11.1 Å². The van der Waals surface area contributed by atoms with E-state index in [1.807, 2.05) is 73.7 Å². The Morgan fingerprint density at radius 2 is 1.77 bits per heavy atom. The van der Waals surface area contributed by atoms with E-state index in [1.54, 1.807) is 0 Å². The van der Waals surface area contributed by atoms with Gasteiger partial charge in [-0.2, -0.15) is 0 Å². The van der Waals surface area contributed by atoms with Crippen molar-refractivity contribution in [1.29, 1.82) is 0 Å². The third-order valence-electron chi connectivity index (χ3n) is 7.96. The number of benzene rings is 3. The highest BCUT2D eigenvalue weighted by molar-refractivity contribution is 5.83. The smallest absolute Gasteiger partial charge is 0.329 e. The molecule has 220 valence electrons. The first kappa shape index (κ1) is 29.8. The van der Waals surface area contributed by atoms with Crippen molar-refractivity contribution in [3.05, 3.63) is 141 Å². The van der Waals surface area contributed by atoms with E-state index in [0.717, 1.165) is 45.2 Å². The number of aliphatic carboxylic acids is 1.